The minimum absolute atomic E-state index is 0.00511. The number of halogens is 2. The van der Waals surface area contributed by atoms with Crippen LogP contribution in [0.4, 0.5) is 0 Å². The summed E-state index contributed by atoms with van der Waals surface area (Å²) >= 11 is 12.5. The first-order valence-corrected chi connectivity index (χ1v) is 8.82. The molecule has 0 fully saturated rings. The Balaban J connectivity index is 2.00. The molecule has 1 heterocycles. The lowest BCUT2D eigenvalue weighted by Crippen LogP contribution is -2.19. The highest BCUT2D eigenvalue weighted by molar-refractivity contribution is 6.32. The lowest BCUT2D eigenvalue weighted by Gasteiger charge is -2.31. The number of hydrogen-bond acceptors (Lipinski definition) is 3. The molecule has 128 valence electrons. The fourth-order valence-electron chi connectivity index (χ4n) is 3.36. The van der Waals surface area contributed by atoms with E-state index in [-0.39, 0.29) is 5.75 Å². The van der Waals surface area contributed by atoms with Crippen LogP contribution in [0.1, 0.15) is 30.5 Å². The number of benzene rings is 2. The van der Waals surface area contributed by atoms with Gasteiger partial charge in [-0.15, -0.1) is 0 Å². The second-order valence-corrected chi connectivity index (χ2v) is 6.85. The number of rotatable bonds is 2. The Labute approximate surface area is 156 Å². The van der Waals surface area contributed by atoms with Crippen LogP contribution in [0.2, 0.25) is 10.0 Å². The first kappa shape index (κ1) is 16.4. The van der Waals surface area contributed by atoms with E-state index in [9.17, 15) is 5.11 Å². The van der Waals surface area contributed by atoms with Crippen molar-refractivity contribution in [1.29, 1.82) is 0 Å². The molecule has 25 heavy (non-hydrogen) atoms. The van der Waals surface area contributed by atoms with Crippen molar-refractivity contribution in [2.24, 2.45) is 0 Å². The van der Waals surface area contributed by atoms with Crippen molar-refractivity contribution in [2.75, 3.05) is 6.61 Å². The molecule has 4 rings (SSSR count). The van der Waals surface area contributed by atoms with Crippen molar-refractivity contribution in [3.63, 3.8) is 0 Å². The molecule has 1 N–H and O–H groups in total. The summed E-state index contributed by atoms with van der Waals surface area (Å²) < 4.78 is 12.1. The number of aromatic hydroxyl groups is 1. The van der Waals surface area contributed by atoms with E-state index in [4.69, 9.17) is 32.7 Å². The van der Waals surface area contributed by atoms with Crippen molar-refractivity contribution in [1.82, 2.24) is 0 Å². The molecule has 5 heteroatoms. The summed E-state index contributed by atoms with van der Waals surface area (Å²) in [5.74, 6) is 1.93. The molecule has 0 unspecified atom stereocenters. The van der Waals surface area contributed by atoms with Gasteiger partial charge >= 0.3 is 0 Å². The van der Waals surface area contributed by atoms with E-state index in [0.29, 0.717) is 40.3 Å². The highest BCUT2D eigenvalue weighted by atomic mass is 35.5. The SMILES string of the molecule is CCOC1=C2Oc3cc(O)c(Cl)cc3C(C)=C2Cc2c(Cl)cccc21. The molecule has 0 saturated heterocycles. The third kappa shape index (κ3) is 2.50. The molecule has 3 nitrogen and oxygen atoms in total. The number of phenolic OH excluding ortho intramolecular Hbond substituents is 1. The van der Waals surface area contributed by atoms with E-state index in [0.717, 1.165) is 27.8 Å². The van der Waals surface area contributed by atoms with Crippen LogP contribution in [0, 0.1) is 0 Å². The molecule has 1 aliphatic heterocycles. The summed E-state index contributed by atoms with van der Waals surface area (Å²) in [7, 11) is 0. The molecular weight excluding hydrogens is 359 g/mol. The maximum absolute atomic E-state index is 9.93. The third-order valence-electron chi connectivity index (χ3n) is 4.60. The summed E-state index contributed by atoms with van der Waals surface area (Å²) in [5.41, 5.74) is 4.91. The summed E-state index contributed by atoms with van der Waals surface area (Å²) in [4.78, 5) is 0. The molecule has 0 bridgehead atoms. The number of fused-ring (bicyclic) bond motifs is 3. The van der Waals surface area contributed by atoms with Gasteiger partial charge in [0.15, 0.2) is 11.5 Å². The van der Waals surface area contributed by atoms with Gasteiger partial charge in [0.2, 0.25) is 0 Å². The van der Waals surface area contributed by atoms with Crippen molar-refractivity contribution < 1.29 is 14.6 Å². The zero-order valence-electron chi connectivity index (χ0n) is 13.8. The summed E-state index contributed by atoms with van der Waals surface area (Å²) in [5, 5.41) is 10.9. The van der Waals surface area contributed by atoms with Crippen LogP contribution in [0.25, 0.3) is 11.3 Å². The topological polar surface area (TPSA) is 38.7 Å². The predicted molar refractivity (Wildman–Crippen MR) is 100 cm³/mol. The minimum Gasteiger partial charge on any atom is -0.506 e. The van der Waals surface area contributed by atoms with E-state index in [2.05, 4.69) is 0 Å². The van der Waals surface area contributed by atoms with Crippen LogP contribution < -0.4 is 4.74 Å². The third-order valence-corrected chi connectivity index (χ3v) is 5.26. The first-order valence-electron chi connectivity index (χ1n) is 8.07. The van der Waals surface area contributed by atoms with Gasteiger partial charge < -0.3 is 14.6 Å². The van der Waals surface area contributed by atoms with Crippen LogP contribution in [-0.2, 0) is 11.2 Å². The van der Waals surface area contributed by atoms with Gasteiger partial charge in [-0.05, 0) is 37.1 Å². The van der Waals surface area contributed by atoms with Gasteiger partial charge in [-0.3, -0.25) is 0 Å². The molecule has 2 aliphatic rings. The Hall–Kier alpha value is -2.10. The maximum Gasteiger partial charge on any atom is 0.173 e. The quantitative estimate of drug-likeness (QED) is 0.718. The molecule has 2 aromatic rings. The van der Waals surface area contributed by atoms with Crippen molar-refractivity contribution in [3.8, 4) is 11.5 Å². The minimum atomic E-state index is -0.00511. The second-order valence-electron chi connectivity index (χ2n) is 6.04. The molecule has 0 spiro atoms. The van der Waals surface area contributed by atoms with E-state index in [1.165, 1.54) is 0 Å². The Kier molecular flexibility index (Phi) is 3.94. The van der Waals surface area contributed by atoms with Crippen molar-refractivity contribution in [3.05, 3.63) is 68.4 Å². The molecule has 1 aliphatic carbocycles. The summed E-state index contributed by atoms with van der Waals surface area (Å²) in [6.45, 7) is 4.47. The maximum atomic E-state index is 9.93. The molecule has 0 atom stereocenters. The van der Waals surface area contributed by atoms with Crippen LogP contribution in [0.5, 0.6) is 11.5 Å². The van der Waals surface area contributed by atoms with Gasteiger partial charge in [0.25, 0.3) is 0 Å². The molecule has 0 aromatic heterocycles. The predicted octanol–water partition coefficient (Wildman–Crippen LogP) is 5.83. The lowest BCUT2D eigenvalue weighted by atomic mass is 9.85. The van der Waals surface area contributed by atoms with Crippen LogP contribution >= 0.6 is 23.2 Å². The summed E-state index contributed by atoms with van der Waals surface area (Å²) in [6.07, 6.45) is 0.657. The average Bonchev–Trinajstić information content (AvgIpc) is 2.58. The molecule has 0 amide bonds. The monoisotopic (exact) mass is 374 g/mol. The van der Waals surface area contributed by atoms with E-state index in [1.54, 1.807) is 12.1 Å². The molecule has 2 aromatic carbocycles. The summed E-state index contributed by atoms with van der Waals surface area (Å²) in [6, 6.07) is 9.06. The molecule has 0 saturated carbocycles. The van der Waals surface area contributed by atoms with Gasteiger partial charge in [-0.25, -0.2) is 0 Å². The van der Waals surface area contributed by atoms with Crippen molar-refractivity contribution >= 4 is 34.5 Å². The molecular formula is C20H16Cl2O3. The van der Waals surface area contributed by atoms with Gasteiger partial charge in [-0.2, -0.15) is 0 Å². The first-order chi connectivity index (χ1) is 12.0. The molecule has 0 radical (unpaired) electrons. The average molecular weight is 375 g/mol. The smallest absolute Gasteiger partial charge is 0.173 e. The van der Waals surface area contributed by atoms with Gasteiger partial charge in [0, 0.05) is 34.2 Å². The Bertz CT molecular complexity index is 958. The van der Waals surface area contributed by atoms with E-state index < -0.39 is 0 Å². The fourth-order valence-corrected chi connectivity index (χ4v) is 3.76. The normalized spacial score (nSPS) is 15.4. The fraction of sp³-hybridized carbons (Fsp3) is 0.200. The number of ether oxygens (including phenoxy) is 2. The second kappa shape index (κ2) is 6.01. The Morgan fingerprint density at radius 2 is 1.96 bits per heavy atom. The standard InChI is InChI=1S/C20H16Cl2O3/c1-3-24-19-11-5-4-6-15(21)14(11)7-13-10(2)12-8-16(22)17(23)9-18(12)25-20(13)19/h4-6,8-9,23H,3,7H2,1-2H3. The van der Waals surface area contributed by atoms with Gasteiger partial charge in [0.1, 0.15) is 11.5 Å². The van der Waals surface area contributed by atoms with Gasteiger partial charge in [0.05, 0.1) is 11.6 Å². The highest BCUT2D eigenvalue weighted by Gasteiger charge is 2.33. The zero-order valence-corrected chi connectivity index (χ0v) is 15.3. The number of phenols is 1. The van der Waals surface area contributed by atoms with Crippen LogP contribution in [0.3, 0.4) is 0 Å². The number of hydrogen-bond donors (Lipinski definition) is 1. The van der Waals surface area contributed by atoms with Crippen LogP contribution in [-0.4, -0.2) is 11.7 Å². The van der Waals surface area contributed by atoms with Crippen LogP contribution in [0.15, 0.2) is 41.7 Å². The zero-order chi connectivity index (χ0) is 17.7. The van der Waals surface area contributed by atoms with E-state index >= 15 is 0 Å². The largest absolute Gasteiger partial charge is 0.506 e. The number of allylic oxidation sites excluding steroid dienone is 2. The van der Waals surface area contributed by atoms with Gasteiger partial charge in [-0.1, -0.05) is 35.3 Å². The van der Waals surface area contributed by atoms with Crippen molar-refractivity contribution in [2.45, 2.75) is 20.3 Å². The highest BCUT2D eigenvalue weighted by Crippen LogP contribution is 2.48. The Morgan fingerprint density at radius 3 is 2.72 bits per heavy atom. The lowest BCUT2D eigenvalue weighted by molar-refractivity contribution is 0.277. The Morgan fingerprint density at radius 1 is 1.16 bits per heavy atom. The van der Waals surface area contributed by atoms with E-state index in [1.807, 2.05) is 32.0 Å².